The third-order valence-corrected chi connectivity index (χ3v) is 4.11. The van der Waals surface area contributed by atoms with E-state index in [1.54, 1.807) is 4.90 Å². The van der Waals surface area contributed by atoms with Crippen LogP contribution in [0.2, 0.25) is 0 Å². The zero-order valence-corrected chi connectivity index (χ0v) is 14.9. The minimum atomic E-state index is -0.480. The van der Waals surface area contributed by atoms with E-state index in [2.05, 4.69) is 0 Å². The third kappa shape index (κ3) is 8.46. The van der Waals surface area contributed by atoms with Gasteiger partial charge >= 0.3 is 5.97 Å². The Morgan fingerprint density at radius 1 is 1.20 bits per heavy atom. The molecule has 1 unspecified atom stereocenters. The highest BCUT2D eigenvalue weighted by Crippen LogP contribution is 2.13. The number of hydrogen-bond donors (Lipinski definition) is 1. The van der Waals surface area contributed by atoms with Crippen molar-refractivity contribution in [1.29, 1.82) is 0 Å². The van der Waals surface area contributed by atoms with Gasteiger partial charge in [0.1, 0.15) is 13.2 Å². The van der Waals surface area contributed by atoms with Crippen molar-refractivity contribution >= 4 is 25.4 Å². The lowest BCUT2D eigenvalue weighted by molar-refractivity contribution is -0.151. The number of carbonyl (C=O) groups excluding carboxylic acids is 3. The van der Waals surface area contributed by atoms with Crippen LogP contribution in [0.15, 0.2) is 0 Å². The summed E-state index contributed by atoms with van der Waals surface area (Å²) in [5.74, 6) is -0.407. The van der Waals surface area contributed by atoms with Gasteiger partial charge in [-0.3, -0.25) is 9.69 Å². The second kappa shape index (κ2) is 12.0. The predicted octanol–water partition coefficient (Wildman–Crippen LogP) is -1.10. The van der Waals surface area contributed by atoms with Crippen molar-refractivity contribution in [3.05, 3.63) is 0 Å². The minimum absolute atomic E-state index is 0.0731. The van der Waals surface area contributed by atoms with Crippen LogP contribution in [-0.2, 0) is 23.9 Å². The van der Waals surface area contributed by atoms with Gasteiger partial charge in [0.15, 0.2) is 7.85 Å². The summed E-state index contributed by atoms with van der Waals surface area (Å²) in [6.45, 7) is 2.12. The molecule has 1 saturated heterocycles. The number of esters is 1. The lowest BCUT2D eigenvalue weighted by atomic mass is 10.0. The number of nitrogens with zero attached hydrogens (tertiary/aromatic N) is 2. The Morgan fingerprint density at radius 3 is 2.60 bits per heavy atom. The average Bonchev–Trinajstić information content (AvgIpc) is 2.57. The molecule has 0 aromatic rings. The van der Waals surface area contributed by atoms with Gasteiger partial charge in [-0.15, -0.1) is 0 Å². The first kappa shape index (κ1) is 21.6. The SMILES string of the molecule is [B]C(=O)CN1CCN(C(=O)CCCCCN)CC1COC(=O)COC. The number of nitrogens with two attached hydrogens (primary N) is 1. The Balaban J connectivity index is 2.55. The number of piperazine rings is 1. The molecule has 9 heteroatoms. The van der Waals surface area contributed by atoms with Crippen molar-refractivity contribution in [3.8, 4) is 0 Å². The predicted molar refractivity (Wildman–Crippen MR) is 93.1 cm³/mol. The van der Waals surface area contributed by atoms with Gasteiger partial charge in [0.2, 0.25) is 5.91 Å². The fourth-order valence-electron chi connectivity index (χ4n) is 2.79. The molecule has 0 saturated carbocycles. The molecule has 0 aromatic heterocycles. The maximum atomic E-state index is 12.3. The maximum absolute atomic E-state index is 12.3. The quantitative estimate of drug-likeness (QED) is 0.286. The molecule has 1 heterocycles. The summed E-state index contributed by atoms with van der Waals surface area (Å²) in [6.07, 6.45) is 3.14. The van der Waals surface area contributed by atoms with Crippen LogP contribution in [0.25, 0.3) is 0 Å². The molecule has 0 bridgehead atoms. The van der Waals surface area contributed by atoms with E-state index in [0.717, 1.165) is 19.3 Å². The van der Waals surface area contributed by atoms with Crippen LogP contribution in [0.1, 0.15) is 25.7 Å². The Hall–Kier alpha value is -1.45. The molecule has 0 spiro atoms. The van der Waals surface area contributed by atoms with E-state index in [0.29, 0.717) is 32.6 Å². The summed E-state index contributed by atoms with van der Waals surface area (Å²) >= 11 is 0. The first-order valence-electron chi connectivity index (χ1n) is 8.62. The summed E-state index contributed by atoms with van der Waals surface area (Å²) < 4.78 is 9.89. The molecule has 2 N–H and O–H groups in total. The van der Waals surface area contributed by atoms with E-state index in [1.807, 2.05) is 4.90 Å². The van der Waals surface area contributed by atoms with E-state index in [4.69, 9.17) is 23.1 Å². The number of amides is 1. The standard InChI is InChI=1S/C16H28BN3O5/c1-24-12-16(23)25-11-13-9-20(8-7-19(13)10-14(17)21)15(22)5-3-2-4-6-18/h13H,2-12,18H2,1H3. The van der Waals surface area contributed by atoms with Gasteiger partial charge < -0.3 is 24.9 Å². The average molecular weight is 353 g/mol. The number of ether oxygens (including phenoxy) is 2. The molecule has 1 aliphatic rings. The number of unbranched alkanes of at least 4 members (excludes halogenated alkanes) is 2. The number of methoxy groups -OCH3 is 1. The fraction of sp³-hybridized carbons (Fsp3) is 0.812. The summed E-state index contributed by atoms with van der Waals surface area (Å²) in [4.78, 5) is 38.7. The zero-order chi connectivity index (χ0) is 18.7. The van der Waals surface area contributed by atoms with Gasteiger partial charge in [-0.25, -0.2) is 4.79 Å². The summed E-state index contributed by atoms with van der Waals surface area (Å²) in [7, 11) is 6.69. The molecule has 25 heavy (non-hydrogen) atoms. The van der Waals surface area contributed by atoms with E-state index < -0.39 is 11.7 Å². The van der Waals surface area contributed by atoms with Gasteiger partial charge in [-0.05, 0) is 19.4 Å². The van der Waals surface area contributed by atoms with Crippen molar-refractivity contribution < 1.29 is 23.9 Å². The highest BCUT2D eigenvalue weighted by atomic mass is 16.6. The van der Waals surface area contributed by atoms with Crippen LogP contribution >= 0.6 is 0 Å². The molecule has 1 amide bonds. The molecule has 0 aromatic carbocycles. The highest BCUT2D eigenvalue weighted by molar-refractivity contribution is 6.58. The van der Waals surface area contributed by atoms with E-state index in [9.17, 15) is 14.4 Å². The minimum Gasteiger partial charge on any atom is -0.462 e. The van der Waals surface area contributed by atoms with Crippen LogP contribution in [0.4, 0.5) is 0 Å². The van der Waals surface area contributed by atoms with Crippen LogP contribution < -0.4 is 5.73 Å². The normalized spacial score (nSPS) is 18.2. The first-order valence-corrected chi connectivity index (χ1v) is 8.62. The topological polar surface area (TPSA) is 102 Å². The summed E-state index contributed by atoms with van der Waals surface area (Å²) in [6, 6.07) is -0.255. The molecular formula is C16H28BN3O5. The lowest BCUT2D eigenvalue weighted by Gasteiger charge is -2.40. The summed E-state index contributed by atoms with van der Waals surface area (Å²) in [5.41, 5.74) is 5.00. The van der Waals surface area contributed by atoms with Crippen molar-refractivity contribution in [1.82, 2.24) is 9.80 Å². The Labute approximate surface area is 150 Å². The van der Waals surface area contributed by atoms with Gasteiger partial charge in [0.05, 0.1) is 11.7 Å². The van der Waals surface area contributed by atoms with E-state index in [1.165, 1.54) is 7.11 Å². The van der Waals surface area contributed by atoms with Gasteiger partial charge in [-0.1, -0.05) is 6.42 Å². The smallest absolute Gasteiger partial charge is 0.332 e. The lowest BCUT2D eigenvalue weighted by Crippen LogP contribution is -2.57. The van der Waals surface area contributed by atoms with Gasteiger partial charge in [-0.2, -0.15) is 0 Å². The summed E-state index contributed by atoms with van der Waals surface area (Å²) in [5, 5.41) is 0. The molecule has 1 atom stereocenters. The third-order valence-electron chi connectivity index (χ3n) is 4.11. The van der Waals surface area contributed by atoms with Crippen molar-refractivity contribution in [3.63, 3.8) is 0 Å². The Kier molecular flexibility index (Phi) is 10.4. The van der Waals surface area contributed by atoms with E-state index in [-0.39, 0.29) is 31.7 Å². The van der Waals surface area contributed by atoms with Crippen molar-refractivity contribution in [2.75, 3.05) is 53.0 Å². The molecule has 0 aliphatic carbocycles. The number of rotatable bonds is 11. The molecule has 1 fully saturated rings. The second-order valence-electron chi connectivity index (χ2n) is 6.15. The zero-order valence-electron chi connectivity index (χ0n) is 14.9. The number of carbonyl (C=O) groups is 3. The molecule has 1 aliphatic heterocycles. The Morgan fingerprint density at radius 2 is 1.96 bits per heavy atom. The molecule has 1 rings (SSSR count). The highest BCUT2D eigenvalue weighted by Gasteiger charge is 2.30. The van der Waals surface area contributed by atoms with Gasteiger partial charge in [0, 0.05) is 39.7 Å². The Bertz CT molecular complexity index is 449. The first-order chi connectivity index (χ1) is 12.0. The molecule has 8 nitrogen and oxygen atoms in total. The molecule has 140 valence electrons. The van der Waals surface area contributed by atoms with Crippen LogP contribution in [0, 0.1) is 0 Å². The van der Waals surface area contributed by atoms with Crippen LogP contribution in [-0.4, -0.2) is 94.3 Å². The maximum Gasteiger partial charge on any atom is 0.332 e. The van der Waals surface area contributed by atoms with Crippen LogP contribution in [0.3, 0.4) is 0 Å². The second-order valence-corrected chi connectivity index (χ2v) is 6.15. The van der Waals surface area contributed by atoms with Crippen molar-refractivity contribution in [2.45, 2.75) is 31.7 Å². The van der Waals surface area contributed by atoms with Crippen molar-refractivity contribution in [2.24, 2.45) is 5.73 Å². The van der Waals surface area contributed by atoms with E-state index >= 15 is 0 Å². The monoisotopic (exact) mass is 353 g/mol. The molecule has 2 radical (unpaired) electrons. The van der Waals surface area contributed by atoms with Gasteiger partial charge in [0.25, 0.3) is 0 Å². The number of hydrogen-bond acceptors (Lipinski definition) is 7. The fourth-order valence-corrected chi connectivity index (χ4v) is 2.79. The molecular weight excluding hydrogens is 325 g/mol. The largest absolute Gasteiger partial charge is 0.462 e. The van der Waals surface area contributed by atoms with Crippen LogP contribution in [0.5, 0.6) is 0 Å².